The lowest BCUT2D eigenvalue weighted by Gasteiger charge is -2.32. The minimum atomic E-state index is 0.0310. The molecule has 0 saturated carbocycles. The summed E-state index contributed by atoms with van der Waals surface area (Å²) in [6, 6.07) is 2.03. The third kappa shape index (κ3) is 4.17. The van der Waals surface area contributed by atoms with Crippen molar-refractivity contribution in [3.63, 3.8) is 0 Å². The predicted molar refractivity (Wildman–Crippen MR) is 71.7 cm³/mol. The molecule has 2 N–H and O–H groups in total. The Balaban J connectivity index is 1.75. The van der Waals surface area contributed by atoms with Gasteiger partial charge in [0.2, 0.25) is 11.9 Å². The summed E-state index contributed by atoms with van der Waals surface area (Å²) < 4.78 is 0. The highest BCUT2D eigenvalue weighted by Crippen LogP contribution is 2.15. The maximum Gasteiger partial charge on any atom is 0.225 e. The fraction of sp³-hybridized carbons (Fsp3) is 0.615. The smallest absolute Gasteiger partial charge is 0.225 e. The van der Waals surface area contributed by atoms with E-state index in [9.17, 15) is 4.79 Å². The third-order valence-corrected chi connectivity index (χ3v) is 3.26. The van der Waals surface area contributed by atoms with Gasteiger partial charge in [-0.3, -0.25) is 4.79 Å². The summed E-state index contributed by atoms with van der Waals surface area (Å²) in [6.45, 7) is 1.78. The molecule has 19 heavy (non-hydrogen) atoms. The number of carbonyl (C=O) groups excluding carboxylic acids is 1. The van der Waals surface area contributed by atoms with Crippen LogP contribution in [0.5, 0.6) is 0 Å². The average Bonchev–Trinajstić information content (AvgIpc) is 2.47. The number of aliphatic hydroxyl groups is 1. The summed E-state index contributed by atoms with van der Waals surface area (Å²) in [5, 5.41) is 11.7. The van der Waals surface area contributed by atoms with Crippen LogP contribution in [0.1, 0.15) is 25.7 Å². The highest BCUT2D eigenvalue weighted by Gasteiger charge is 2.21. The molecule has 0 radical (unpaired) electrons. The molecule has 2 rings (SSSR count). The molecule has 1 aliphatic rings. The first-order valence-corrected chi connectivity index (χ1v) is 6.72. The molecule has 0 aromatic carbocycles. The Morgan fingerprint density at radius 2 is 2.05 bits per heavy atom. The molecular formula is C13H20N4O2. The molecule has 0 bridgehead atoms. The van der Waals surface area contributed by atoms with Crippen molar-refractivity contribution in [1.29, 1.82) is 0 Å². The second-order valence-corrected chi connectivity index (χ2v) is 4.70. The van der Waals surface area contributed by atoms with Gasteiger partial charge in [0.25, 0.3) is 0 Å². The van der Waals surface area contributed by atoms with Crippen molar-refractivity contribution in [3.05, 3.63) is 18.5 Å². The van der Waals surface area contributed by atoms with Crippen molar-refractivity contribution in [1.82, 2.24) is 15.3 Å². The highest BCUT2D eigenvalue weighted by molar-refractivity contribution is 5.76. The zero-order chi connectivity index (χ0) is 13.5. The lowest BCUT2D eigenvalue weighted by molar-refractivity contribution is -0.122. The lowest BCUT2D eigenvalue weighted by atomic mass is 10.1. The van der Waals surface area contributed by atoms with Crippen molar-refractivity contribution < 1.29 is 9.90 Å². The summed E-state index contributed by atoms with van der Waals surface area (Å²) in [7, 11) is 0. The van der Waals surface area contributed by atoms with Gasteiger partial charge in [-0.05, 0) is 25.3 Å². The van der Waals surface area contributed by atoms with Gasteiger partial charge in [0.1, 0.15) is 0 Å². The van der Waals surface area contributed by atoms with Crippen LogP contribution in [0, 0.1) is 0 Å². The van der Waals surface area contributed by atoms with Gasteiger partial charge in [-0.25, -0.2) is 9.97 Å². The number of anilines is 1. The van der Waals surface area contributed by atoms with Crippen LogP contribution in [0.4, 0.5) is 5.95 Å². The first-order valence-electron chi connectivity index (χ1n) is 6.72. The predicted octanol–water partition coefficient (Wildman–Crippen LogP) is 0.334. The number of nitrogens with zero attached hydrogens (tertiary/aromatic N) is 3. The van der Waals surface area contributed by atoms with Crippen molar-refractivity contribution in [3.8, 4) is 0 Å². The monoisotopic (exact) mass is 264 g/mol. The van der Waals surface area contributed by atoms with Gasteiger partial charge in [-0.2, -0.15) is 0 Å². The largest absolute Gasteiger partial charge is 0.396 e. The first kappa shape index (κ1) is 13.7. The summed E-state index contributed by atoms with van der Waals surface area (Å²) in [6.07, 6.45) is 6.23. The standard InChI is InChI=1S/C13H20N4O2/c18-10-1-3-12(19)16-11-4-8-17(9-5-11)13-14-6-2-7-15-13/h2,6-7,11,18H,1,3-5,8-10H2,(H,16,19). The highest BCUT2D eigenvalue weighted by atomic mass is 16.3. The molecule has 1 aromatic heterocycles. The number of rotatable bonds is 5. The number of aliphatic hydroxyl groups excluding tert-OH is 1. The molecule has 104 valence electrons. The van der Waals surface area contributed by atoms with E-state index in [1.165, 1.54) is 0 Å². The van der Waals surface area contributed by atoms with E-state index in [1.54, 1.807) is 18.5 Å². The first-order chi connectivity index (χ1) is 9.29. The van der Waals surface area contributed by atoms with Gasteiger partial charge < -0.3 is 15.3 Å². The maximum absolute atomic E-state index is 11.6. The molecule has 1 amide bonds. The SMILES string of the molecule is O=C(CCCO)NC1CCN(c2ncccn2)CC1. The molecule has 6 nitrogen and oxygen atoms in total. The fourth-order valence-corrected chi connectivity index (χ4v) is 2.22. The fourth-order valence-electron chi connectivity index (χ4n) is 2.22. The molecule has 0 unspecified atom stereocenters. The summed E-state index contributed by atoms with van der Waals surface area (Å²) >= 11 is 0. The Bertz CT molecular complexity index is 391. The average molecular weight is 264 g/mol. The van der Waals surface area contributed by atoms with Gasteiger partial charge >= 0.3 is 0 Å². The molecule has 1 saturated heterocycles. The molecule has 0 aliphatic carbocycles. The number of amides is 1. The van der Waals surface area contributed by atoms with E-state index in [1.807, 2.05) is 0 Å². The van der Waals surface area contributed by atoms with E-state index in [0.29, 0.717) is 12.8 Å². The molecule has 6 heteroatoms. The van der Waals surface area contributed by atoms with Gasteiger partial charge in [-0.1, -0.05) is 0 Å². The summed E-state index contributed by atoms with van der Waals surface area (Å²) in [4.78, 5) is 22.2. The molecule has 2 heterocycles. The van der Waals surface area contributed by atoms with Gasteiger partial charge in [0.15, 0.2) is 0 Å². The van der Waals surface area contributed by atoms with Crippen LogP contribution in [0.3, 0.4) is 0 Å². The quantitative estimate of drug-likeness (QED) is 0.801. The molecular weight excluding hydrogens is 244 g/mol. The van der Waals surface area contributed by atoms with Crippen molar-refractivity contribution in [2.45, 2.75) is 31.7 Å². The molecule has 1 aliphatic heterocycles. The number of piperidine rings is 1. The van der Waals surface area contributed by atoms with Crippen molar-refractivity contribution in [2.75, 3.05) is 24.6 Å². The van der Waals surface area contributed by atoms with E-state index in [2.05, 4.69) is 20.2 Å². The van der Waals surface area contributed by atoms with Gasteiger partial charge in [-0.15, -0.1) is 0 Å². The Labute approximate surface area is 112 Å². The maximum atomic E-state index is 11.6. The Hall–Kier alpha value is -1.69. The zero-order valence-electron chi connectivity index (χ0n) is 11.0. The Morgan fingerprint density at radius 1 is 1.37 bits per heavy atom. The van der Waals surface area contributed by atoms with E-state index < -0.39 is 0 Å². The second kappa shape index (κ2) is 7.04. The molecule has 0 spiro atoms. The second-order valence-electron chi connectivity index (χ2n) is 4.70. The van der Waals surface area contributed by atoms with Crippen LogP contribution in [0.25, 0.3) is 0 Å². The Morgan fingerprint density at radius 3 is 2.68 bits per heavy atom. The minimum Gasteiger partial charge on any atom is -0.396 e. The van der Waals surface area contributed by atoms with Crippen molar-refractivity contribution in [2.24, 2.45) is 0 Å². The number of hydrogen-bond acceptors (Lipinski definition) is 5. The van der Waals surface area contributed by atoms with Crippen LogP contribution in [-0.4, -0.2) is 46.7 Å². The Kier molecular flexibility index (Phi) is 5.09. The van der Waals surface area contributed by atoms with E-state index in [-0.39, 0.29) is 18.6 Å². The van der Waals surface area contributed by atoms with E-state index in [0.717, 1.165) is 31.9 Å². The van der Waals surface area contributed by atoms with Crippen LogP contribution in [0.15, 0.2) is 18.5 Å². The van der Waals surface area contributed by atoms with Crippen LogP contribution >= 0.6 is 0 Å². The zero-order valence-corrected chi connectivity index (χ0v) is 11.0. The summed E-state index contributed by atoms with van der Waals surface area (Å²) in [5.74, 6) is 0.788. The molecule has 0 atom stereocenters. The number of hydrogen-bond donors (Lipinski definition) is 2. The van der Waals surface area contributed by atoms with Crippen molar-refractivity contribution >= 4 is 11.9 Å². The molecule has 1 fully saturated rings. The van der Waals surface area contributed by atoms with Crippen LogP contribution < -0.4 is 10.2 Å². The topological polar surface area (TPSA) is 78.4 Å². The third-order valence-electron chi connectivity index (χ3n) is 3.26. The van der Waals surface area contributed by atoms with Crippen LogP contribution in [-0.2, 0) is 4.79 Å². The van der Waals surface area contributed by atoms with E-state index in [4.69, 9.17) is 5.11 Å². The molecule has 1 aromatic rings. The number of aromatic nitrogens is 2. The van der Waals surface area contributed by atoms with Gasteiger partial charge in [0.05, 0.1) is 0 Å². The van der Waals surface area contributed by atoms with Gasteiger partial charge in [0, 0.05) is 44.6 Å². The lowest BCUT2D eigenvalue weighted by Crippen LogP contribution is -2.45. The summed E-state index contributed by atoms with van der Waals surface area (Å²) in [5.41, 5.74) is 0. The number of nitrogens with one attached hydrogen (secondary N) is 1. The minimum absolute atomic E-state index is 0.0310. The number of carbonyl (C=O) groups is 1. The van der Waals surface area contributed by atoms with E-state index >= 15 is 0 Å². The van der Waals surface area contributed by atoms with Crippen LogP contribution in [0.2, 0.25) is 0 Å². The normalized spacial score (nSPS) is 16.4.